The molecule has 0 spiro atoms. The Morgan fingerprint density at radius 2 is 2.29 bits per heavy atom. The van der Waals surface area contributed by atoms with Crippen molar-refractivity contribution in [3.63, 3.8) is 0 Å². The van der Waals surface area contributed by atoms with Crippen LogP contribution in [0.25, 0.3) is 0 Å². The van der Waals surface area contributed by atoms with E-state index in [1.807, 2.05) is 6.07 Å². The lowest BCUT2D eigenvalue weighted by atomic mass is 10.1. The third kappa shape index (κ3) is 6.31. The molecule has 3 N–H and O–H groups in total. The van der Waals surface area contributed by atoms with E-state index in [-0.39, 0.29) is 0 Å². The second-order valence-electron chi connectivity index (χ2n) is 3.93. The summed E-state index contributed by atoms with van der Waals surface area (Å²) in [6.07, 6.45) is 3.13. The Kier molecular flexibility index (Phi) is 6.70. The van der Waals surface area contributed by atoms with Gasteiger partial charge in [-0.05, 0) is 37.0 Å². The van der Waals surface area contributed by atoms with Crippen LogP contribution in [-0.2, 0) is 6.42 Å². The molecule has 0 atom stereocenters. The van der Waals surface area contributed by atoms with E-state index in [0.717, 1.165) is 36.8 Å². The molecule has 0 heterocycles. The molecule has 4 heteroatoms. The lowest BCUT2D eigenvalue weighted by Gasteiger charge is -2.05. The van der Waals surface area contributed by atoms with E-state index < -0.39 is 0 Å². The highest BCUT2D eigenvalue weighted by molar-refractivity contribution is 9.10. The lowest BCUT2D eigenvalue weighted by Crippen LogP contribution is -2.32. The van der Waals surface area contributed by atoms with Crippen molar-refractivity contribution in [2.24, 2.45) is 10.7 Å². The number of nitrogens with zero attached hydrogens (tertiary/aromatic N) is 1. The smallest absolute Gasteiger partial charge is 0.188 e. The number of hydrogen-bond donors (Lipinski definition) is 2. The number of halogens is 1. The van der Waals surface area contributed by atoms with Gasteiger partial charge in [0, 0.05) is 17.6 Å². The maximum Gasteiger partial charge on any atom is 0.188 e. The van der Waals surface area contributed by atoms with Gasteiger partial charge in [0.15, 0.2) is 5.96 Å². The zero-order valence-corrected chi connectivity index (χ0v) is 11.8. The van der Waals surface area contributed by atoms with Crippen molar-refractivity contribution in [1.82, 2.24) is 5.32 Å². The molecule has 17 heavy (non-hydrogen) atoms. The van der Waals surface area contributed by atoms with Crippen LogP contribution in [-0.4, -0.2) is 19.0 Å². The average Bonchev–Trinajstić information content (AvgIpc) is 2.32. The van der Waals surface area contributed by atoms with Crippen LogP contribution >= 0.6 is 15.9 Å². The van der Waals surface area contributed by atoms with Crippen LogP contribution in [0.1, 0.15) is 25.3 Å². The topological polar surface area (TPSA) is 50.4 Å². The predicted octanol–water partition coefficient (Wildman–Crippen LogP) is 2.70. The third-order valence-electron chi connectivity index (χ3n) is 2.34. The van der Waals surface area contributed by atoms with Gasteiger partial charge in [-0.1, -0.05) is 35.0 Å². The molecule has 3 nitrogen and oxygen atoms in total. The molecule has 0 bridgehead atoms. The summed E-state index contributed by atoms with van der Waals surface area (Å²) in [6.45, 7) is 3.75. The minimum atomic E-state index is 0.557. The normalized spacial score (nSPS) is 11.5. The van der Waals surface area contributed by atoms with Crippen molar-refractivity contribution in [1.29, 1.82) is 0 Å². The second-order valence-corrected chi connectivity index (χ2v) is 4.84. The fourth-order valence-electron chi connectivity index (χ4n) is 1.49. The molecular weight excluding hydrogens is 278 g/mol. The van der Waals surface area contributed by atoms with Crippen LogP contribution < -0.4 is 11.1 Å². The van der Waals surface area contributed by atoms with E-state index in [0.29, 0.717) is 5.96 Å². The summed E-state index contributed by atoms with van der Waals surface area (Å²) in [4.78, 5) is 4.18. The number of hydrogen-bond acceptors (Lipinski definition) is 1. The van der Waals surface area contributed by atoms with Crippen molar-refractivity contribution in [2.45, 2.75) is 26.2 Å². The summed E-state index contributed by atoms with van der Waals surface area (Å²) in [7, 11) is 0. The number of nitrogens with two attached hydrogens (primary N) is 1. The van der Waals surface area contributed by atoms with E-state index in [1.165, 1.54) is 5.56 Å². The number of nitrogens with one attached hydrogen (secondary N) is 1. The fourth-order valence-corrected chi connectivity index (χ4v) is 1.94. The predicted molar refractivity (Wildman–Crippen MR) is 77.2 cm³/mol. The molecule has 0 unspecified atom stereocenters. The summed E-state index contributed by atoms with van der Waals surface area (Å²) in [6, 6.07) is 8.38. The number of benzene rings is 1. The molecule has 0 aliphatic carbocycles. The first-order chi connectivity index (χ1) is 8.22. The average molecular weight is 298 g/mol. The van der Waals surface area contributed by atoms with Gasteiger partial charge < -0.3 is 11.1 Å². The Labute approximate surface area is 112 Å². The second kappa shape index (κ2) is 8.12. The van der Waals surface area contributed by atoms with Crippen molar-refractivity contribution in [3.8, 4) is 0 Å². The molecule has 0 radical (unpaired) electrons. The molecule has 0 amide bonds. The van der Waals surface area contributed by atoms with Gasteiger partial charge in [-0.25, -0.2) is 0 Å². The standard InChI is InChI=1S/C13H20BrN3/c1-2-8-16-13(15)17-9-4-6-11-5-3-7-12(14)10-11/h3,5,7,10H,2,4,6,8-9H2,1H3,(H3,15,16,17). The van der Waals surface area contributed by atoms with Crippen molar-refractivity contribution >= 4 is 21.9 Å². The van der Waals surface area contributed by atoms with Gasteiger partial charge in [0.25, 0.3) is 0 Å². The van der Waals surface area contributed by atoms with E-state index in [2.05, 4.69) is 51.4 Å². The molecule has 0 aromatic heterocycles. The monoisotopic (exact) mass is 297 g/mol. The van der Waals surface area contributed by atoms with E-state index in [4.69, 9.17) is 5.73 Å². The molecule has 0 saturated heterocycles. The minimum absolute atomic E-state index is 0.557. The maximum absolute atomic E-state index is 5.69. The van der Waals surface area contributed by atoms with Crippen LogP contribution in [0.15, 0.2) is 33.7 Å². The highest BCUT2D eigenvalue weighted by atomic mass is 79.9. The SMILES string of the molecule is CCCN=C(N)NCCCc1cccc(Br)c1. The number of aryl methyl sites for hydroxylation is 1. The quantitative estimate of drug-likeness (QED) is 0.482. The van der Waals surface area contributed by atoms with Crippen LogP contribution in [0.3, 0.4) is 0 Å². The van der Waals surface area contributed by atoms with E-state index >= 15 is 0 Å². The molecule has 0 fully saturated rings. The summed E-state index contributed by atoms with van der Waals surface area (Å²) in [5.41, 5.74) is 7.03. The molecule has 0 saturated carbocycles. The number of guanidine groups is 1. The molecule has 1 aromatic rings. The van der Waals surface area contributed by atoms with E-state index in [9.17, 15) is 0 Å². The Balaban J connectivity index is 2.20. The first kappa shape index (κ1) is 14.0. The molecule has 0 aliphatic rings. The Hall–Kier alpha value is -1.03. The summed E-state index contributed by atoms with van der Waals surface area (Å²) in [5.74, 6) is 0.557. The third-order valence-corrected chi connectivity index (χ3v) is 2.84. The molecule has 0 aliphatic heterocycles. The summed E-state index contributed by atoms with van der Waals surface area (Å²) >= 11 is 3.47. The highest BCUT2D eigenvalue weighted by Crippen LogP contribution is 2.12. The van der Waals surface area contributed by atoms with Crippen molar-refractivity contribution in [2.75, 3.05) is 13.1 Å². The van der Waals surface area contributed by atoms with Crippen LogP contribution in [0, 0.1) is 0 Å². The van der Waals surface area contributed by atoms with Gasteiger partial charge in [-0.15, -0.1) is 0 Å². The van der Waals surface area contributed by atoms with Crippen molar-refractivity contribution < 1.29 is 0 Å². The highest BCUT2D eigenvalue weighted by Gasteiger charge is 1.95. The van der Waals surface area contributed by atoms with Gasteiger partial charge in [-0.2, -0.15) is 0 Å². The van der Waals surface area contributed by atoms with Gasteiger partial charge in [-0.3, -0.25) is 4.99 Å². The van der Waals surface area contributed by atoms with Gasteiger partial charge in [0.1, 0.15) is 0 Å². The molecular formula is C13H20BrN3. The van der Waals surface area contributed by atoms with E-state index in [1.54, 1.807) is 0 Å². The minimum Gasteiger partial charge on any atom is -0.370 e. The largest absolute Gasteiger partial charge is 0.370 e. The number of rotatable bonds is 6. The Bertz CT molecular complexity index is 363. The number of aliphatic imine (C=N–C) groups is 1. The van der Waals surface area contributed by atoms with Crippen molar-refractivity contribution in [3.05, 3.63) is 34.3 Å². The first-order valence-corrected chi connectivity index (χ1v) is 6.80. The van der Waals surface area contributed by atoms with Gasteiger partial charge >= 0.3 is 0 Å². The lowest BCUT2D eigenvalue weighted by molar-refractivity contribution is 0.763. The van der Waals surface area contributed by atoms with Crippen LogP contribution in [0.4, 0.5) is 0 Å². The molecule has 94 valence electrons. The van der Waals surface area contributed by atoms with Crippen LogP contribution in [0.2, 0.25) is 0 Å². The summed E-state index contributed by atoms with van der Waals surface area (Å²) in [5, 5.41) is 3.12. The zero-order valence-electron chi connectivity index (χ0n) is 10.2. The van der Waals surface area contributed by atoms with Gasteiger partial charge in [0.05, 0.1) is 0 Å². The fraction of sp³-hybridized carbons (Fsp3) is 0.462. The first-order valence-electron chi connectivity index (χ1n) is 6.00. The zero-order chi connectivity index (χ0) is 12.5. The Morgan fingerprint density at radius 3 is 3.00 bits per heavy atom. The Morgan fingerprint density at radius 1 is 1.47 bits per heavy atom. The molecule has 1 aromatic carbocycles. The summed E-state index contributed by atoms with van der Waals surface area (Å²) < 4.78 is 1.13. The maximum atomic E-state index is 5.69. The van der Waals surface area contributed by atoms with Crippen LogP contribution in [0.5, 0.6) is 0 Å². The molecule has 1 rings (SSSR count). The van der Waals surface area contributed by atoms with Gasteiger partial charge in [0.2, 0.25) is 0 Å².